The molecule has 4 rings (SSSR count). The summed E-state index contributed by atoms with van der Waals surface area (Å²) in [5.41, 5.74) is 3.06. The standard InChI is InChI=1S/C19H14BrN3O2/c1-21-19(25)18-12-6-9-16(22-14(12)8-7-13(18)20)23-15-5-3-2-4-11(15)10-17(23)24/h2-9H,10H2,1H3,(H,21,25). The number of halogens is 1. The maximum absolute atomic E-state index is 12.5. The molecular formula is C19H14BrN3O2. The van der Waals surface area contributed by atoms with Gasteiger partial charge in [0.1, 0.15) is 5.82 Å². The molecule has 124 valence electrons. The number of benzene rings is 2. The lowest BCUT2D eigenvalue weighted by Crippen LogP contribution is -2.22. The zero-order chi connectivity index (χ0) is 17.6. The van der Waals surface area contributed by atoms with Crippen molar-refractivity contribution in [2.75, 3.05) is 11.9 Å². The van der Waals surface area contributed by atoms with Crippen LogP contribution in [0.25, 0.3) is 10.9 Å². The van der Waals surface area contributed by atoms with Crippen LogP contribution in [0.1, 0.15) is 15.9 Å². The third-order valence-electron chi connectivity index (χ3n) is 4.31. The Morgan fingerprint density at radius 1 is 1.16 bits per heavy atom. The molecule has 2 heterocycles. The van der Waals surface area contributed by atoms with Crippen LogP contribution in [0.5, 0.6) is 0 Å². The summed E-state index contributed by atoms with van der Waals surface area (Å²) in [4.78, 5) is 30.9. The second-order valence-electron chi connectivity index (χ2n) is 5.77. The van der Waals surface area contributed by atoms with Crippen LogP contribution in [0, 0.1) is 0 Å². The van der Waals surface area contributed by atoms with E-state index in [1.54, 1.807) is 24.1 Å². The van der Waals surface area contributed by atoms with Gasteiger partial charge in [-0.05, 0) is 51.8 Å². The van der Waals surface area contributed by atoms with Gasteiger partial charge in [0.25, 0.3) is 5.91 Å². The summed E-state index contributed by atoms with van der Waals surface area (Å²) in [5.74, 6) is 0.374. The molecule has 2 aromatic carbocycles. The zero-order valence-corrected chi connectivity index (χ0v) is 15.0. The van der Waals surface area contributed by atoms with Crippen LogP contribution in [-0.2, 0) is 11.2 Å². The van der Waals surface area contributed by atoms with Crippen LogP contribution < -0.4 is 10.2 Å². The van der Waals surface area contributed by atoms with E-state index in [1.165, 1.54) is 0 Å². The highest BCUT2D eigenvalue weighted by Crippen LogP contribution is 2.35. The maximum Gasteiger partial charge on any atom is 0.252 e. The quantitative estimate of drug-likeness (QED) is 0.721. The van der Waals surface area contributed by atoms with Crippen LogP contribution in [0.3, 0.4) is 0 Å². The minimum Gasteiger partial charge on any atom is -0.355 e. The Balaban J connectivity index is 1.87. The number of fused-ring (bicyclic) bond motifs is 2. The van der Waals surface area contributed by atoms with Crippen molar-refractivity contribution in [1.29, 1.82) is 0 Å². The predicted octanol–water partition coefficient (Wildman–Crippen LogP) is 3.58. The first kappa shape index (κ1) is 15.8. The maximum atomic E-state index is 12.5. The highest BCUT2D eigenvalue weighted by molar-refractivity contribution is 9.10. The van der Waals surface area contributed by atoms with E-state index in [0.717, 1.165) is 16.6 Å². The fourth-order valence-corrected chi connectivity index (χ4v) is 3.68. The first-order chi connectivity index (χ1) is 12.1. The molecule has 25 heavy (non-hydrogen) atoms. The Kier molecular flexibility index (Phi) is 3.77. The third-order valence-corrected chi connectivity index (χ3v) is 4.97. The lowest BCUT2D eigenvalue weighted by atomic mass is 10.1. The number of pyridine rings is 1. The summed E-state index contributed by atoms with van der Waals surface area (Å²) in [6.07, 6.45) is 0.375. The summed E-state index contributed by atoms with van der Waals surface area (Å²) in [7, 11) is 1.59. The Morgan fingerprint density at radius 3 is 2.76 bits per heavy atom. The van der Waals surface area contributed by atoms with Crippen molar-refractivity contribution in [3.8, 4) is 0 Å². The highest BCUT2D eigenvalue weighted by Gasteiger charge is 2.29. The number of carbonyl (C=O) groups excluding carboxylic acids is 2. The zero-order valence-electron chi connectivity index (χ0n) is 13.4. The number of hydrogen-bond donors (Lipinski definition) is 1. The van der Waals surface area contributed by atoms with Crippen molar-refractivity contribution in [2.24, 2.45) is 0 Å². The van der Waals surface area contributed by atoms with E-state index in [2.05, 4.69) is 26.2 Å². The first-order valence-electron chi connectivity index (χ1n) is 7.82. The van der Waals surface area contributed by atoms with Gasteiger partial charge in [0.15, 0.2) is 0 Å². The summed E-state index contributed by atoms with van der Waals surface area (Å²) < 4.78 is 0.705. The summed E-state index contributed by atoms with van der Waals surface area (Å²) in [6, 6.07) is 15.0. The topological polar surface area (TPSA) is 62.3 Å². The molecule has 0 atom stereocenters. The minimum absolute atomic E-state index is 0.00307. The molecule has 1 aliphatic heterocycles. The molecule has 0 bridgehead atoms. The summed E-state index contributed by atoms with van der Waals surface area (Å²) in [5, 5.41) is 3.38. The number of hydrogen-bond acceptors (Lipinski definition) is 3. The van der Waals surface area contributed by atoms with Gasteiger partial charge in [0, 0.05) is 16.9 Å². The summed E-state index contributed by atoms with van der Waals surface area (Å²) in [6.45, 7) is 0. The Bertz CT molecular complexity index is 1030. The molecule has 0 aliphatic carbocycles. The van der Waals surface area contributed by atoms with Gasteiger partial charge in [0.05, 0.1) is 23.2 Å². The lowest BCUT2D eigenvalue weighted by molar-refractivity contribution is -0.116. The van der Waals surface area contributed by atoms with Crippen molar-refractivity contribution < 1.29 is 9.59 Å². The van der Waals surface area contributed by atoms with Crippen LogP contribution >= 0.6 is 15.9 Å². The van der Waals surface area contributed by atoms with Crippen molar-refractivity contribution in [2.45, 2.75) is 6.42 Å². The van der Waals surface area contributed by atoms with Crippen LogP contribution in [-0.4, -0.2) is 23.8 Å². The predicted molar refractivity (Wildman–Crippen MR) is 100 cm³/mol. The number of nitrogens with one attached hydrogen (secondary N) is 1. The van der Waals surface area contributed by atoms with Crippen molar-refractivity contribution in [1.82, 2.24) is 10.3 Å². The van der Waals surface area contributed by atoms with Crippen LogP contribution in [0.2, 0.25) is 0 Å². The van der Waals surface area contributed by atoms with E-state index >= 15 is 0 Å². The molecule has 3 aromatic rings. The molecule has 1 aliphatic rings. The van der Waals surface area contributed by atoms with E-state index in [-0.39, 0.29) is 11.8 Å². The van der Waals surface area contributed by atoms with E-state index in [1.807, 2.05) is 36.4 Å². The van der Waals surface area contributed by atoms with Gasteiger partial charge >= 0.3 is 0 Å². The van der Waals surface area contributed by atoms with Gasteiger partial charge < -0.3 is 5.32 Å². The SMILES string of the molecule is CNC(=O)c1c(Br)ccc2nc(N3C(=O)Cc4ccccc43)ccc12. The molecule has 0 saturated heterocycles. The van der Waals surface area contributed by atoms with Gasteiger partial charge in [-0.3, -0.25) is 14.5 Å². The molecule has 1 aromatic heterocycles. The third kappa shape index (κ3) is 2.49. The minimum atomic E-state index is -0.186. The molecule has 0 spiro atoms. The molecule has 0 saturated carbocycles. The second-order valence-corrected chi connectivity index (χ2v) is 6.63. The molecule has 2 amide bonds. The van der Waals surface area contributed by atoms with Crippen molar-refractivity contribution in [3.05, 3.63) is 64.1 Å². The van der Waals surface area contributed by atoms with E-state index in [0.29, 0.717) is 27.8 Å². The lowest BCUT2D eigenvalue weighted by Gasteiger charge is -2.17. The average Bonchev–Trinajstić information content (AvgIpc) is 2.96. The fourth-order valence-electron chi connectivity index (χ4n) is 3.15. The number of carbonyl (C=O) groups is 2. The Labute approximate surface area is 152 Å². The first-order valence-corrected chi connectivity index (χ1v) is 8.61. The second kappa shape index (κ2) is 5.97. The number of rotatable bonds is 2. The number of amides is 2. The van der Waals surface area contributed by atoms with Crippen molar-refractivity contribution >= 4 is 50.2 Å². The smallest absolute Gasteiger partial charge is 0.252 e. The van der Waals surface area contributed by atoms with Gasteiger partial charge in [0.2, 0.25) is 5.91 Å². The number of aromatic nitrogens is 1. The molecule has 1 N–H and O–H groups in total. The molecule has 5 nitrogen and oxygen atoms in total. The number of anilines is 2. The molecule has 0 unspecified atom stereocenters. The van der Waals surface area contributed by atoms with Gasteiger partial charge in [-0.15, -0.1) is 0 Å². The van der Waals surface area contributed by atoms with Crippen LogP contribution in [0.15, 0.2) is 53.0 Å². The number of para-hydroxylation sites is 1. The highest BCUT2D eigenvalue weighted by atomic mass is 79.9. The largest absolute Gasteiger partial charge is 0.355 e. The van der Waals surface area contributed by atoms with Gasteiger partial charge in [-0.1, -0.05) is 18.2 Å². The average molecular weight is 396 g/mol. The fraction of sp³-hybridized carbons (Fsp3) is 0.105. The van der Waals surface area contributed by atoms with Gasteiger partial charge in [-0.2, -0.15) is 0 Å². The van der Waals surface area contributed by atoms with Crippen molar-refractivity contribution in [3.63, 3.8) is 0 Å². The monoisotopic (exact) mass is 395 g/mol. The molecular weight excluding hydrogens is 382 g/mol. The molecule has 0 radical (unpaired) electrons. The number of nitrogens with zero attached hydrogens (tertiary/aromatic N) is 2. The van der Waals surface area contributed by atoms with Crippen LogP contribution in [0.4, 0.5) is 11.5 Å². The Hall–Kier alpha value is -2.73. The van der Waals surface area contributed by atoms with E-state index < -0.39 is 0 Å². The van der Waals surface area contributed by atoms with Gasteiger partial charge in [-0.25, -0.2) is 4.98 Å². The Morgan fingerprint density at radius 2 is 1.96 bits per heavy atom. The summed E-state index contributed by atoms with van der Waals surface area (Å²) >= 11 is 3.42. The van der Waals surface area contributed by atoms with E-state index in [4.69, 9.17) is 0 Å². The molecule has 0 fully saturated rings. The van der Waals surface area contributed by atoms with E-state index in [9.17, 15) is 9.59 Å². The molecule has 6 heteroatoms. The normalized spacial score (nSPS) is 13.2.